The van der Waals surface area contributed by atoms with Crippen molar-refractivity contribution in [2.45, 2.75) is 45.1 Å². The summed E-state index contributed by atoms with van der Waals surface area (Å²) in [4.78, 5) is 4.66. The molecular weight excluding hydrogens is 254 g/mol. The zero-order valence-corrected chi connectivity index (χ0v) is 11.4. The summed E-state index contributed by atoms with van der Waals surface area (Å²) in [6, 6.07) is 2.55. The minimum Gasteiger partial charge on any atom is -0.359 e. The normalized spacial score (nSPS) is 24.3. The first-order valence-corrected chi connectivity index (χ1v) is 7.25. The molecule has 3 nitrogen and oxygen atoms in total. The maximum atomic E-state index is 8.81. The van der Waals surface area contributed by atoms with Gasteiger partial charge in [0.25, 0.3) is 0 Å². The van der Waals surface area contributed by atoms with E-state index in [0.717, 1.165) is 11.0 Å². The summed E-state index contributed by atoms with van der Waals surface area (Å²) < 4.78 is 0. The number of nitrogens with zero attached hydrogens (tertiary/aromatic N) is 2. The fraction of sp³-hybridized carbons (Fsp3) is 0.667. The first-order valence-electron chi connectivity index (χ1n) is 6.06. The Labute approximate surface area is 111 Å². The first-order chi connectivity index (χ1) is 8.22. The lowest BCUT2D eigenvalue weighted by Crippen LogP contribution is -2.25. The maximum Gasteiger partial charge on any atom is 0.185 e. The molecule has 1 saturated carbocycles. The van der Waals surface area contributed by atoms with Crippen LogP contribution in [0, 0.1) is 17.2 Å². The highest BCUT2D eigenvalue weighted by molar-refractivity contribution is 7.16. The van der Waals surface area contributed by atoms with E-state index in [4.69, 9.17) is 16.9 Å². The lowest BCUT2D eigenvalue weighted by atomic mass is 9.85. The highest BCUT2D eigenvalue weighted by Crippen LogP contribution is 2.31. The molecule has 0 saturated heterocycles. The third-order valence-electron chi connectivity index (χ3n) is 3.44. The summed E-state index contributed by atoms with van der Waals surface area (Å²) in [5, 5.41) is 13.3. The van der Waals surface area contributed by atoms with Crippen LogP contribution in [0.15, 0.2) is 0 Å². The van der Waals surface area contributed by atoms with E-state index in [1.165, 1.54) is 43.4 Å². The van der Waals surface area contributed by atoms with Gasteiger partial charge in [0.2, 0.25) is 0 Å². The lowest BCUT2D eigenvalue weighted by molar-refractivity contribution is 0.330. The Morgan fingerprint density at radius 3 is 2.71 bits per heavy atom. The quantitative estimate of drug-likeness (QED) is 0.901. The van der Waals surface area contributed by atoms with Gasteiger partial charge < -0.3 is 5.32 Å². The molecule has 0 radical (unpaired) electrons. The molecule has 1 aromatic heterocycles. The van der Waals surface area contributed by atoms with Crippen LogP contribution in [0.1, 0.15) is 43.9 Å². The van der Waals surface area contributed by atoms with E-state index in [1.54, 1.807) is 0 Å². The summed E-state index contributed by atoms with van der Waals surface area (Å²) >= 11 is 7.19. The molecule has 0 amide bonds. The Hall–Kier alpha value is -0.790. The Bertz CT molecular complexity index is 416. The monoisotopic (exact) mass is 269 g/mol. The maximum absolute atomic E-state index is 8.81. The standard InChI is InChI=1S/C12H16ClN3S/c1-2-8-3-5-9(6-4-8)15-12-16-11(13)10(7-14)17-12/h8-9H,2-6H2,1H3,(H,15,16). The predicted octanol–water partition coefficient (Wildman–Crippen LogP) is 4.05. The minimum absolute atomic E-state index is 0.322. The van der Waals surface area contributed by atoms with Gasteiger partial charge in [0, 0.05) is 6.04 Å². The average Bonchev–Trinajstić information content (AvgIpc) is 2.70. The molecule has 0 aromatic carbocycles. The SMILES string of the molecule is CCC1CCC(Nc2nc(Cl)c(C#N)s2)CC1. The van der Waals surface area contributed by atoms with Crippen molar-refractivity contribution in [3.05, 3.63) is 10.0 Å². The van der Waals surface area contributed by atoms with Gasteiger partial charge in [-0.25, -0.2) is 4.98 Å². The van der Waals surface area contributed by atoms with E-state index in [-0.39, 0.29) is 0 Å². The van der Waals surface area contributed by atoms with Gasteiger partial charge in [-0.05, 0) is 31.6 Å². The topological polar surface area (TPSA) is 48.7 Å². The molecule has 1 aromatic rings. The molecule has 0 atom stereocenters. The number of rotatable bonds is 3. The summed E-state index contributed by atoms with van der Waals surface area (Å²) in [7, 11) is 0. The van der Waals surface area contributed by atoms with Gasteiger partial charge in [-0.2, -0.15) is 5.26 Å². The van der Waals surface area contributed by atoms with E-state index < -0.39 is 0 Å². The largest absolute Gasteiger partial charge is 0.359 e. The van der Waals surface area contributed by atoms with Crippen molar-refractivity contribution in [2.75, 3.05) is 5.32 Å². The molecule has 2 rings (SSSR count). The van der Waals surface area contributed by atoms with Gasteiger partial charge in [0.15, 0.2) is 10.3 Å². The van der Waals surface area contributed by atoms with Crippen molar-refractivity contribution in [3.8, 4) is 6.07 Å². The third-order valence-corrected chi connectivity index (χ3v) is 4.72. The van der Waals surface area contributed by atoms with Crippen LogP contribution in [0.3, 0.4) is 0 Å². The number of nitrogens with one attached hydrogen (secondary N) is 1. The van der Waals surface area contributed by atoms with Gasteiger partial charge in [0.05, 0.1) is 0 Å². The van der Waals surface area contributed by atoms with Crippen LogP contribution in [0.5, 0.6) is 0 Å². The molecule has 1 aliphatic carbocycles. The van der Waals surface area contributed by atoms with Crippen LogP contribution in [0.2, 0.25) is 5.15 Å². The minimum atomic E-state index is 0.322. The van der Waals surface area contributed by atoms with Gasteiger partial charge in [-0.15, -0.1) is 0 Å². The van der Waals surface area contributed by atoms with E-state index >= 15 is 0 Å². The highest BCUT2D eigenvalue weighted by atomic mass is 35.5. The molecule has 17 heavy (non-hydrogen) atoms. The van der Waals surface area contributed by atoms with Gasteiger partial charge in [-0.3, -0.25) is 0 Å². The van der Waals surface area contributed by atoms with Crippen LogP contribution in [-0.4, -0.2) is 11.0 Å². The fourth-order valence-electron chi connectivity index (χ4n) is 2.32. The van der Waals surface area contributed by atoms with Crippen molar-refractivity contribution >= 4 is 28.1 Å². The molecule has 0 aliphatic heterocycles. The molecule has 5 heteroatoms. The molecule has 92 valence electrons. The van der Waals surface area contributed by atoms with E-state index in [0.29, 0.717) is 16.1 Å². The van der Waals surface area contributed by atoms with Crippen LogP contribution in [-0.2, 0) is 0 Å². The molecule has 0 bridgehead atoms. The third kappa shape index (κ3) is 3.11. The Morgan fingerprint density at radius 2 is 2.18 bits per heavy atom. The number of thiazole rings is 1. The second kappa shape index (κ2) is 5.70. The molecule has 0 spiro atoms. The van der Waals surface area contributed by atoms with Crippen molar-refractivity contribution in [2.24, 2.45) is 5.92 Å². The molecular formula is C12H16ClN3S. The number of hydrogen-bond donors (Lipinski definition) is 1. The zero-order chi connectivity index (χ0) is 12.3. The van der Waals surface area contributed by atoms with Crippen LogP contribution < -0.4 is 5.32 Å². The highest BCUT2D eigenvalue weighted by Gasteiger charge is 2.21. The van der Waals surface area contributed by atoms with Crippen molar-refractivity contribution in [1.82, 2.24) is 4.98 Å². The molecule has 1 heterocycles. The Morgan fingerprint density at radius 1 is 1.47 bits per heavy atom. The Balaban J connectivity index is 1.91. The number of nitriles is 1. The second-order valence-corrected chi connectivity index (χ2v) is 5.88. The van der Waals surface area contributed by atoms with Crippen LogP contribution >= 0.6 is 22.9 Å². The summed E-state index contributed by atoms with van der Waals surface area (Å²) in [6.07, 6.45) is 6.25. The van der Waals surface area contributed by atoms with Crippen LogP contribution in [0.25, 0.3) is 0 Å². The summed E-state index contributed by atoms with van der Waals surface area (Å²) in [6.45, 7) is 2.26. The molecule has 0 unspecified atom stereocenters. The number of hydrogen-bond acceptors (Lipinski definition) is 4. The van der Waals surface area contributed by atoms with E-state index in [2.05, 4.69) is 23.3 Å². The molecule has 1 fully saturated rings. The van der Waals surface area contributed by atoms with Gasteiger partial charge in [-0.1, -0.05) is 36.3 Å². The summed E-state index contributed by atoms with van der Waals surface area (Å²) in [5.74, 6) is 0.891. The Kier molecular flexibility index (Phi) is 4.25. The smallest absolute Gasteiger partial charge is 0.185 e. The number of anilines is 1. The molecule has 1 N–H and O–H groups in total. The van der Waals surface area contributed by atoms with E-state index in [9.17, 15) is 0 Å². The summed E-state index contributed by atoms with van der Waals surface area (Å²) in [5.41, 5.74) is 0. The van der Waals surface area contributed by atoms with Crippen molar-refractivity contribution in [3.63, 3.8) is 0 Å². The molecule has 1 aliphatic rings. The number of aromatic nitrogens is 1. The first kappa shape index (κ1) is 12.7. The van der Waals surface area contributed by atoms with Crippen molar-refractivity contribution in [1.29, 1.82) is 5.26 Å². The van der Waals surface area contributed by atoms with Gasteiger partial charge >= 0.3 is 0 Å². The zero-order valence-electron chi connectivity index (χ0n) is 9.87. The van der Waals surface area contributed by atoms with E-state index in [1.807, 2.05) is 0 Å². The fourth-order valence-corrected chi connectivity index (χ4v) is 3.35. The van der Waals surface area contributed by atoms with Crippen molar-refractivity contribution < 1.29 is 0 Å². The lowest BCUT2D eigenvalue weighted by Gasteiger charge is -2.28. The number of halogens is 1. The average molecular weight is 270 g/mol. The second-order valence-electron chi connectivity index (χ2n) is 4.52. The van der Waals surface area contributed by atoms with Crippen LogP contribution in [0.4, 0.5) is 5.13 Å². The van der Waals surface area contributed by atoms with Gasteiger partial charge in [0.1, 0.15) is 10.9 Å². The predicted molar refractivity (Wildman–Crippen MR) is 71.5 cm³/mol.